The van der Waals surface area contributed by atoms with Crippen LogP contribution in [0.5, 0.6) is 0 Å². The number of nitrogens with zero attached hydrogens (tertiary/aromatic N) is 3. The highest BCUT2D eigenvalue weighted by molar-refractivity contribution is 7.80. The van der Waals surface area contributed by atoms with Gasteiger partial charge in [-0.3, -0.25) is 9.47 Å². The van der Waals surface area contributed by atoms with Crippen LogP contribution in [-0.4, -0.2) is 15.1 Å². The topological polar surface area (TPSA) is 21.1 Å². The van der Waals surface area contributed by atoms with Gasteiger partial charge in [-0.05, 0) is 31.1 Å². The van der Waals surface area contributed by atoms with Gasteiger partial charge in [-0.15, -0.1) is 12.6 Å². The molecule has 1 aliphatic carbocycles. The number of anilines is 1. The Hall–Kier alpha value is -1.68. The van der Waals surface area contributed by atoms with E-state index in [1.165, 1.54) is 11.3 Å². The number of thiol groups is 1. The molecule has 0 fully saturated rings. The van der Waals surface area contributed by atoms with Gasteiger partial charge in [0.15, 0.2) is 0 Å². The zero-order valence-electron chi connectivity index (χ0n) is 10.7. The van der Waals surface area contributed by atoms with E-state index in [1.807, 2.05) is 6.20 Å². The first kappa shape index (κ1) is 11.2. The lowest BCUT2D eigenvalue weighted by atomic mass is 9.84. The third-order valence-electron chi connectivity index (χ3n) is 4.12. The predicted molar refractivity (Wildman–Crippen MR) is 80.2 cm³/mol. The Labute approximate surface area is 118 Å². The highest BCUT2D eigenvalue weighted by atomic mass is 32.1. The molecule has 2 aliphatic heterocycles. The fraction of sp³-hybridized carbons (Fsp3) is 0.267. The fourth-order valence-electron chi connectivity index (χ4n) is 3.19. The number of imidazole rings is 1. The van der Waals surface area contributed by atoms with E-state index in [1.54, 1.807) is 0 Å². The van der Waals surface area contributed by atoms with Crippen LogP contribution < -0.4 is 4.90 Å². The number of hydrogen-bond donors (Lipinski definition) is 1. The van der Waals surface area contributed by atoms with Crippen LogP contribution in [0.1, 0.15) is 19.8 Å². The summed E-state index contributed by atoms with van der Waals surface area (Å²) in [5, 5.41) is 0.894. The maximum atomic E-state index is 4.54. The molecular weight excluding hydrogens is 254 g/mol. The number of rotatable bonds is 1. The van der Waals surface area contributed by atoms with Crippen LogP contribution in [0.2, 0.25) is 0 Å². The Balaban J connectivity index is 2.00. The Bertz CT molecular complexity index is 678. The van der Waals surface area contributed by atoms with E-state index in [9.17, 15) is 0 Å². The molecular formula is C15H15N3S. The fourth-order valence-corrected chi connectivity index (χ4v) is 3.44. The van der Waals surface area contributed by atoms with Crippen molar-refractivity contribution in [3.8, 4) is 0 Å². The summed E-state index contributed by atoms with van der Waals surface area (Å²) in [7, 11) is 0. The summed E-state index contributed by atoms with van der Waals surface area (Å²) >= 11 is 4.54. The normalized spacial score (nSPS) is 26.7. The molecule has 1 unspecified atom stereocenters. The Kier molecular flexibility index (Phi) is 2.16. The zero-order chi connectivity index (χ0) is 13.0. The van der Waals surface area contributed by atoms with Crippen molar-refractivity contribution in [2.75, 3.05) is 4.90 Å². The second kappa shape index (κ2) is 3.67. The molecule has 0 radical (unpaired) electrons. The third kappa shape index (κ3) is 1.27. The molecule has 0 bridgehead atoms. The Morgan fingerprint density at radius 2 is 2.32 bits per heavy atom. The van der Waals surface area contributed by atoms with Crippen LogP contribution in [0.15, 0.2) is 53.4 Å². The van der Waals surface area contributed by atoms with Crippen LogP contribution in [-0.2, 0) is 0 Å². The minimum Gasteiger partial charge on any atom is -0.300 e. The quantitative estimate of drug-likeness (QED) is 0.623. The summed E-state index contributed by atoms with van der Waals surface area (Å²) in [4.78, 5) is 6.74. The molecule has 96 valence electrons. The van der Waals surface area contributed by atoms with Crippen molar-refractivity contribution >= 4 is 24.3 Å². The van der Waals surface area contributed by atoms with Crippen molar-refractivity contribution < 1.29 is 0 Å². The minimum absolute atomic E-state index is 0.195. The molecule has 0 saturated carbocycles. The first-order valence-corrected chi connectivity index (χ1v) is 7.04. The molecule has 3 nitrogen and oxygen atoms in total. The van der Waals surface area contributed by atoms with Gasteiger partial charge in [0.25, 0.3) is 0 Å². The molecule has 4 heteroatoms. The number of hydrogen-bond acceptors (Lipinski definition) is 3. The Morgan fingerprint density at radius 1 is 1.42 bits per heavy atom. The highest BCUT2D eigenvalue weighted by Gasteiger charge is 2.47. The van der Waals surface area contributed by atoms with Crippen LogP contribution >= 0.6 is 12.6 Å². The number of allylic oxidation sites excluding steroid dienone is 4. The van der Waals surface area contributed by atoms with E-state index < -0.39 is 0 Å². The van der Waals surface area contributed by atoms with Crippen molar-refractivity contribution in [1.82, 2.24) is 9.55 Å². The van der Waals surface area contributed by atoms with Gasteiger partial charge in [-0.1, -0.05) is 24.6 Å². The van der Waals surface area contributed by atoms with Crippen molar-refractivity contribution in [1.29, 1.82) is 0 Å². The molecule has 1 spiro atoms. The molecule has 0 aromatic carbocycles. The average molecular weight is 269 g/mol. The zero-order valence-corrected chi connectivity index (χ0v) is 11.6. The molecule has 0 amide bonds. The van der Waals surface area contributed by atoms with E-state index >= 15 is 0 Å². The summed E-state index contributed by atoms with van der Waals surface area (Å²) in [6, 6.07) is 0. The van der Waals surface area contributed by atoms with Gasteiger partial charge in [0.05, 0.1) is 16.9 Å². The van der Waals surface area contributed by atoms with Crippen LogP contribution in [0, 0.1) is 0 Å². The van der Waals surface area contributed by atoms with E-state index in [4.69, 9.17) is 0 Å². The average Bonchev–Trinajstić information content (AvgIpc) is 2.94. The molecule has 1 atom stereocenters. The van der Waals surface area contributed by atoms with Gasteiger partial charge >= 0.3 is 0 Å². The van der Waals surface area contributed by atoms with E-state index in [0.29, 0.717) is 0 Å². The van der Waals surface area contributed by atoms with E-state index in [0.717, 1.165) is 23.8 Å². The van der Waals surface area contributed by atoms with Crippen LogP contribution in [0.3, 0.4) is 0 Å². The van der Waals surface area contributed by atoms with Crippen LogP contribution in [0.25, 0.3) is 5.70 Å². The summed E-state index contributed by atoms with van der Waals surface area (Å²) < 4.78 is 2.14. The van der Waals surface area contributed by atoms with Crippen molar-refractivity contribution in [3.63, 3.8) is 0 Å². The van der Waals surface area contributed by atoms with Gasteiger partial charge in [0.1, 0.15) is 5.54 Å². The van der Waals surface area contributed by atoms with Gasteiger partial charge in [0, 0.05) is 6.20 Å². The maximum absolute atomic E-state index is 4.54. The number of fused-ring (bicyclic) bond motifs is 3. The van der Waals surface area contributed by atoms with Gasteiger partial charge in [-0.2, -0.15) is 0 Å². The molecule has 4 rings (SSSR count). The smallest absolute Gasteiger partial charge is 0.216 e. The SMILES string of the molecule is CCC1=CC23C=CC=CN2c2ncc(S)n2C3=CC1. The second-order valence-corrected chi connectivity index (χ2v) is 5.56. The summed E-state index contributed by atoms with van der Waals surface area (Å²) in [5.74, 6) is 0.949. The van der Waals surface area contributed by atoms with Crippen molar-refractivity contribution in [3.05, 3.63) is 48.4 Å². The molecule has 1 aromatic heterocycles. The summed E-state index contributed by atoms with van der Waals surface area (Å²) in [5.41, 5.74) is 2.53. The largest absolute Gasteiger partial charge is 0.300 e. The molecule has 0 N–H and O–H groups in total. The lowest BCUT2D eigenvalue weighted by Crippen LogP contribution is -2.42. The third-order valence-corrected chi connectivity index (χ3v) is 4.44. The minimum atomic E-state index is -0.195. The molecule has 3 aliphatic rings. The molecule has 0 saturated heterocycles. The highest BCUT2D eigenvalue weighted by Crippen LogP contribution is 2.49. The summed E-state index contributed by atoms with van der Waals surface area (Å²) in [6.07, 6.45) is 17.1. The molecule has 19 heavy (non-hydrogen) atoms. The molecule has 3 heterocycles. The van der Waals surface area contributed by atoms with Gasteiger partial charge in [0.2, 0.25) is 5.95 Å². The standard InChI is InChI=1S/C15H15N3S/c1-2-11-5-6-12-15(9-11)7-3-4-8-17(15)14-16-10-13(19)18(12)14/h3-4,6-10,19H,2,5H2,1H3. The number of aromatic nitrogens is 2. The second-order valence-electron chi connectivity index (χ2n) is 5.10. The van der Waals surface area contributed by atoms with Gasteiger partial charge in [-0.25, -0.2) is 4.98 Å². The lowest BCUT2D eigenvalue weighted by Gasteiger charge is -2.36. The van der Waals surface area contributed by atoms with Crippen molar-refractivity contribution in [2.45, 2.75) is 30.3 Å². The monoisotopic (exact) mass is 269 g/mol. The maximum Gasteiger partial charge on any atom is 0.216 e. The van der Waals surface area contributed by atoms with Crippen molar-refractivity contribution in [2.24, 2.45) is 0 Å². The van der Waals surface area contributed by atoms with E-state index in [-0.39, 0.29) is 5.54 Å². The first-order chi connectivity index (χ1) is 9.26. The van der Waals surface area contributed by atoms with E-state index in [2.05, 4.69) is 70.6 Å². The lowest BCUT2D eigenvalue weighted by molar-refractivity contribution is 0.759. The van der Waals surface area contributed by atoms with Crippen LogP contribution in [0.4, 0.5) is 5.95 Å². The summed E-state index contributed by atoms with van der Waals surface area (Å²) in [6.45, 7) is 2.21. The Morgan fingerprint density at radius 3 is 3.16 bits per heavy atom. The predicted octanol–water partition coefficient (Wildman–Crippen LogP) is 3.40. The molecule has 1 aromatic rings. The first-order valence-electron chi connectivity index (χ1n) is 6.60. The van der Waals surface area contributed by atoms with Gasteiger partial charge < -0.3 is 0 Å².